The number of nitrogens with one attached hydrogen (secondary N) is 1. The Labute approximate surface area is 211 Å². The van der Waals surface area contributed by atoms with E-state index in [1.165, 1.54) is 27.0 Å². The molecular formula is C26H36N4O4S. The van der Waals surface area contributed by atoms with Crippen LogP contribution in [0, 0.1) is 0 Å². The van der Waals surface area contributed by atoms with Crippen molar-refractivity contribution in [2.24, 2.45) is 12.0 Å². The maximum atomic E-state index is 13.0. The number of hydrogen-bond donors (Lipinski definition) is 1. The number of benzene rings is 2. The van der Waals surface area contributed by atoms with Gasteiger partial charge in [0.05, 0.1) is 27.9 Å². The smallest absolute Gasteiger partial charge is 0.255 e. The summed E-state index contributed by atoms with van der Waals surface area (Å²) >= 11 is 1.61. The first-order chi connectivity index (χ1) is 16.9. The number of carbonyl (C=O) groups excluding carboxylic acids is 1. The predicted molar refractivity (Wildman–Crippen MR) is 142 cm³/mol. The summed E-state index contributed by atoms with van der Waals surface area (Å²) in [5, 5.41) is 5.11. The Bertz CT molecular complexity index is 1160. The molecule has 0 unspecified atom stereocenters. The van der Waals surface area contributed by atoms with Crippen LogP contribution in [-0.2, 0) is 20.1 Å². The lowest BCUT2D eigenvalue weighted by Gasteiger charge is -2.15. The lowest BCUT2D eigenvalue weighted by atomic mass is 10.1. The Kier molecular flexibility index (Phi) is 10.8. The van der Waals surface area contributed by atoms with E-state index in [0.717, 1.165) is 16.9 Å². The summed E-state index contributed by atoms with van der Waals surface area (Å²) in [6.45, 7) is 5.30. The van der Waals surface area contributed by atoms with E-state index in [0.29, 0.717) is 35.0 Å². The van der Waals surface area contributed by atoms with Crippen molar-refractivity contribution in [3.63, 3.8) is 0 Å². The predicted octanol–water partition coefficient (Wildman–Crippen LogP) is 4.55. The van der Waals surface area contributed by atoms with Crippen LogP contribution in [-0.4, -0.2) is 50.8 Å². The molecule has 1 amide bonds. The van der Waals surface area contributed by atoms with E-state index < -0.39 is 0 Å². The summed E-state index contributed by atoms with van der Waals surface area (Å²) in [6.07, 6.45) is 0. The molecule has 0 fully saturated rings. The second kappa shape index (κ2) is 13.6. The Morgan fingerprint density at radius 1 is 1.06 bits per heavy atom. The lowest BCUT2D eigenvalue weighted by Crippen LogP contribution is -2.19. The second-order valence-corrected chi connectivity index (χ2v) is 8.48. The molecule has 0 aliphatic carbocycles. The van der Waals surface area contributed by atoms with E-state index in [9.17, 15) is 4.79 Å². The molecule has 190 valence electrons. The summed E-state index contributed by atoms with van der Waals surface area (Å²) in [7, 11) is 10.7. The molecule has 1 heterocycles. The highest BCUT2D eigenvalue weighted by Crippen LogP contribution is 2.38. The third-order valence-corrected chi connectivity index (χ3v) is 6.08. The van der Waals surface area contributed by atoms with Gasteiger partial charge in [-0.15, -0.1) is 11.3 Å². The van der Waals surface area contributed by atoms with Gasteiger partial charge in [0.25, 0.3) is 5.91 Å². The van der Waals surface area contributed by atoms with Gasteiger partial charge in [0.15, 0.2) is 16.3 Å². The number of nitrogens with zero attached hydrogens (tertiary/aromatic N) is 3. The van der Waals surface area contributed by atoms with Gasteiger partial charge in [-0.2, -0.15) is 0 Å². The molecular weight excluding hydrogens is 464 g/mol. The number of amides is 1. The number of thiazole rings is 1. The molecule has 0 saturated carbocycles. The third-order valence-electron chi connectivity index (χ3n) is 5.07. The molecule has 0 spiro atoms. The van der Waals surface area contributed by atoms with Crippen molar-refractivity contribution >= 4 is 22.9 Å². The van der Waals surface area contributed by atoms with Crippen molar-refractivity contribution in [3.8, 4) is 17.2 Å². The summed E-state index contributed by atoms with van der Waals surface area (Å²) in [5.41, 5.74) is 3.22. The first-order valence-electron chi connectivity index (χ1n) is 11.4. The van der Waals surface area contributed by atoms with Crippen molar-refractivity contribution < 1.29 is 19.0 Å². The molecule has 1 aromatic heterocycles. The Morgan fingerprint density at radius 2 is 1.69 bits per heavy atom. The minimum absolute atomic E-state index is 0.281. The van der Waals surface area contributed by atoms with E-state index in [4.69, 9.17) is 19.2 Å². The molecule has 2 aromatic carbocycles. The number of para-hydroxylation sites is 1. The molecule has 35 heavy (non-hydrogen) atoms. The minimum atomic E-state index is -0.281. The molecule has 9 heteroatoms. The van der Waals surface area contributed by atoms with Gasteiger partial charge < -0.3 is 29.0 Å². The number of methoxy groups -OCH3 is 3. The quantitative estimate of drug-likeness (QED) is 0.466. The summed E-state index contributed by atoms with van der Waals surface area (Å²) < 4.78 is 18.2. The summed E-state index contributed by atoms with van der Waals surface area (Å²) in [5.74, 6) is 0.998. The number of hydrogen-bond acceptors (Lipinski definition) is 7. The van der Waals surface area contributed by atoms with Crippen LogP contribution in [0.4, 0.5) is 5.69 Å². The summed E-state index contributed by atoms with van der Waals surface area (Å²) in [4.78, 5) is 20.9. The number of ether oxygens (including phenoxy) is 3. The largest absolute Gasteiger partial charge is 0.493 e. The van der Waals surface area contributed by atoms with E-state index in [1.807, 2.05) is 59.3 Å². The van der Waals surface area contributed by atoms with Crippen LogP contribution >= 0.6 is 11.3 Å². The van der Waals surface area contributed by atoms with Crippen LogP contribution in [0.1, 0.15) is 35.5 Å². The van der Waals surface area contributed by atoms with Crippen molar-refractivity contribution in [2.45, 2.75) is 26.9 Å². The molecule has 0 bridgehead atoms. The van der Waals surface area contributed by atoms with Crippen LogP contribution in [0.5, 0.6) is 17.2 Å². The van der Waals surface area contributed by atoms with Crippen LogP contribution in [0.25, 0.3) is 0 Å². The average Bonchev–Trinajstić information content (AvgIpc) is 3.21. The monoisotopic (exact) mass is 500 g/mol. The van der Waals surface area contributed by atoms with Crippen molar-refractivity contribution in [3.05, 3.63) is 63.4 Å². The first kappa shape index (κ1) is 27.9. The van der Waals surface area contributed by atoms with Gasteiger partial charge >= 0.3 is 0 Å². The maximum absolute atomic E-state index is 13.0. The van der Waals surface area contributed by atoms with E-state index in [-0.39, 0.29) is 5.91 Å². The van der Waals surface area contributed by atoms with E-state index >= 15 is 0 Å². The highest BCUT2D eigenvalue weighted by Gasteiger charge is 2.17. The highest BCUT2D eigenvalue weighted by atomic mass is 32.1. The van der Waals surface area contributed by atoms with Gasteiger partial charge in [-0.25, -0.2) is 0 Å². The number of aromatic nitrogens is 1. The van der Waals surface area contributed by atoms with Gasteiger partial charge in [0, 0.05) is 35.9 Å². The lowest BCUT2D eigenvalue weighted by molar-refractivity contribution is 0.102. The van der Waals surface area contributed by atoms with Gasteiger partial charge in [-0.1, -0.05) is 32.0 Å². The van der Waals surface area contributed by atoms with Crippen LogP contribution < -0.4 is 24.3 Å². The fraction of sp³-hybridized carbons (Fsp3) is 0.385. The summed E-state index contributed by atoms with van der Waals surface area (Å²) in [6, 6.07) is 10.9. The third kappa shape index (κ3) is 7.10. The van der Waals surface area contributed by atoms with Crippen molar-refractivity contribution in [1.82, 2.24) is 9.47 Å². The number of carbonyl (C=O) groups is 1. The van der Waals surface area contributed by atoms with Gasteiger partial charge in [-0.3, -0.25) is 9.79 Å². The Morgan fingerprint density at radius 3 is 2.26 bits per heavy atom. The van der Waals surface area contributed by atoms with Crippen molar-refractivity contribution in [2.75, 3.05) is 40.7 Å². The molecule has 0 atom stereocenters. The van der Waals surface area contributed by atoms with Crippen LogP contribution in [0.15, 0.2) is 46.8 Å². The first-order valence-corrected chi connectivity index (χ1v) is 12.2. The zero-order chi connectivity index (χ0) is 26.0. The minimum Gasteiger partial charge on any atom is -0.493 e. The molecule has 3 aromatic rings. The fourth-order valence-corrected chi connectivity index (χ4v) is 4.24. The molecule has 0 aliphatic rings. The van der Waals surface area contributed by atoms with E-state index in [1.54, 1.807) is 23.5 Å². The van der Waals surface area contributed by atoms with Crippen molar-refractivity contribution in [1.29, 1.82) is 0 Å². The van der Waals surface area contributed by atoms with Crippen LogP contribution in [0.3, 0.4) is 0 Å². The number of rotatable bonds is 9. The molecule has 8 nitrogen and oxygen atoms in total. The molecule has 0 radical (unpaired) electrons. The zero-order valence-electron chi connectivity index (χ0n) is 21.8. The normalized spacial score (nSPS) is 11.1. The van der Waals surface area contributed by atoms with E-state index in [2.05, 4.69) is 20.2 Å². The van der Waals surface area contributed by atoms with Crippen LogP contribution in [0.2, 0.25) is 0 Å². The zero-order valence-corrected chi connectivity index (χ0v) is 22.7. The van der Waals surface area contributed by atoms with Gasteiger partial charge in [0.1, 0.15) is 0 Å². The maximum Gasteiger partial charge on any atom is 0.255 e. The molecule has 0 saturated heterocycles. The standard InChI is InChI=1S/C24H30N4O4S.C2H6/c1-27(2)14-18-15-33-24(28(18)3)25-13-16-9-7-8-10-19(16)26-23(29)17-11-20(30-4)22(32-6)21(12-17)31-5;1-2/h7-12,15H,13-14H2,1-6H3,(H,26,29);1-2H3. The molecule has 3 rings (SSSR count). The Balaban J connectivity index is 0.00000210. The SMILES string of the molecule is CC.COc1cc(C(=O)Nc2ccccc2CN=c2scc(CN(C)C)n2C)cc(OC)c1OC. The number of anilines is 1. The molecule has 1 N–H and O–H groups in total. The molecule has 0 aliphatic heterocycles. The highest BCUT2D eigenvalue weighted by molar-refractivity contribution is 7.07. The van der Waals surface area contributed by atoms with Gasteiger partial charge in [-0.05, 0) is 37.9 Å². The van der Waals surface area contributed by atoms with Gasteiger partial charge in [0.2, 0.25) is 5.75 Å². The fourth-order valence-electron chi connectivity index (χ4n) is 3.35. The average molecular weight is 501 g/mol. The second-order valence-electron chi connectivity index (χ2n) is 7.65. The Hall–Kier alpha value is -3.30. The topological polar surface area (TPSA) is 77.3 Å².